The van der Waals surface area contributed by atoms with Gasteiger partial charge in [-0.05, 0) is 38.3 Å². The highest BCUT2D eigenvalue weighted by Crippen LogP contribution is 2.43. The van der Waals surface area contributed by atoms with E-state index >= 15 is 0 Å². The van der Waals surface area contributed by atoms with Gasteiger partial charge in [0.05, 0.1) is 5.56 Å². The van der Waals surface area contributed by atoms with E-state index in [1.54, 1.807) is 19.1 Å². The lowest BCUT2D eigenvalue weighted by Gasteiger charge is -2.25. The minimum Gasteiger partial charge on any atom is -0.480 e. The maximum absolute atomic E-state index is 13.0. The standard InChI is InChI=1S/C17H21NO4S/c1-10(17(21)22)23-15-5-3-2-4-13(15)16(20)18-12-6-7-14(18)11(8-12)9-19/h2-5,10-12,14,19H,6-9H2,1H3,(H,21,22). The summed E-state index contributed by atoms with van der Waals surface area (Å²) in [5.41, 5.74) is 0.570. The molecule has 0 spiro atoms. The van der Waals surface area contributed by atoms with Crippen molar-refractivity contribution in [2.24, 2.45) is 5.92 Å². The molecule has 2 saturated heterocycles. The maximum Gasteiger partial charge on any atom is 0.316 e. The van der Waals surface area contributed by atoms with Crippen LogP contribution in [0, 0.1) is 5.92 Å². The van der Waals surface area contributed by atoms with Gasteiger partial charge < -0.3 is 15.1 Å². The molecule has 1 amide bonds. The summed E-state index contributed by atoms with van der Waals surface area (Å²) in [6, 6.07) is 7.53. The lowest BCUT2D eigenvalue weighted by Crippen LogP contribution is -2.37. The Hall–Kier alpha value is -1.53. The number of benzene rings is 1. The van der Waals surface area contributed by atoms with Gasteiger partial charge in [0.25, 0.3) is 5.91 Å². The number of hydrogen-bond acceptors (Lipinski definition) is 4. The van der Waals surface area contributed by atoms with Gasteiger partial charge in [0.1, 0.15) is 5.25 Å². The number of amides is 1. The van der Waals surface area contributed by atoms with Gasteiger partial charge >= 0.3 is 5.97 Å². The third-order valence-corrected chi connectivity index (χ3v) is 6.07. The van der Waals surface area contributed by atoms with E-state index in [9.17, 15) is 14.7 Å². The molecule has 4 atom stereocenters. The lowest BCUT2D eigenvalue weighted by atomic mass is 9.90. The third-order valence-electron chi connectivity index (χ3n) is 4.90. The lowest BCUT2D eigenvalue weighted by molar-refractivity contribution is -0.136. The molecule has 0 aromatic heterocycles. The number of carbonyl (C=O) groups excluding carboxylic acids is 1. The minimum atomic E-state index is -0.890. The van der Waals surface area contributed by atoms with Gasteiger partial charge in [-0.15, -0.1) is 11.8 Å². The van der Waals surface area contributed by atoms with E-state index in [0.717, 1.165) is 19.3 Å². The average molecular weight is 335 g/mol. The fourth-order valence-electron chi connectivity index (χ4n) is 3.75. The predicted molar refractivity (Wildman–Crippen MR) is 87.6 cm³/mol. The van der Waals surface area contributed by atoms with Crippen LogP contribution in [-0.4, -0.2) is 50.9 Å². The van der Waals surface area contributed by atoms with Gasteiger partial charge in [0, 0.05) is 29.5 Å². The predicted octanol–water partition coefficient (Wildman–Crippen LogP) is 2.24. The van der Waals surface area contributed by atoms with E-state index in [4.69, 9.17) is 5.11 Å². The number of aliphatic carboxylic acids is 1. The Morgan fingerprint density at radius 3 is 2.74 bits per heavy atom. The molecule has 0 radical (unpaired) electrons. The maximum atomic E-state index is 13.0. The molecule has 2 N–H and O–H groups in total. The Balaban J connectivity index is 1.85. The van der Waals surface area contributed by atoms with Gasteiger partial charge in [0.2, 0.25) is 0 Å². The second kappa shape index (κ2) is 6.53. The second-order valence-electron chi connectivity index (χ2n) is 6.28. The number of hydrogen-bond donors (Lipinski definition) is 2. The molecule has 2 bridgehead atoms. The van der Waals surface area contributed by atoms with Crippen molar-refractivity contribution in [1.82, 2.24) is 4.90 Å². The highest BCUT2D eigenvalue weighted by Gasteiger charge is 2.48. The first kappa shape index (κ1) is 16.3. The van der Waals surface area contributed by atoms with Crippen molar-refractivity contribution in [3.8, 4) is 0 Å². The van der Waals surface area contributed by atoms with Crippen molar-refractivity contribution in [3.63, 3.8) is 0 Å². The van der Waals surface area contributed by atoms with Crippen LogP contribution in [0.3, 0.4) is 0 Å². The van der Waals surface area contributed by atoms with Crippen molar-refractivity contribution in [2.75, 3.05) is 6.61 Å². The molecule has 2 fully saturated rings. The molecule has 6 heteroatoms. The molecule has 2 aliphatic heterocycles. The van der Waals surface area contributed by atoms with E-state index in [2.05, 4.69) is 0 Å². The number of carboxylic acid groups (broad SMARTS) is 1. The normalized spacial score (nSPS) is 27.2. The zero-order valence-electron chi connectivity index (χ0n) is 13.0. The van der Waals surface area contributed by atoms with Crippen LogP contribution in [0.15, 0.2) is 29.2 Å². The first-order valence-corrected chi connectivity index (χ1v) is 8.83. The number of aliphatic hydroxyl groups excluding tert-OH is 1. The Kier molecular flexibility index (Phi) is 4.64. The summed E-state index contributed by atoms with van der Waals surface area (Å²) in [4.78, 5) is 26.7. The van der Waals surface area contributed by atoms with Crippen molar-refractivity contribution in [1.29, 1.82) is 0 Å². The van der Waals surface area contributed by atoms with Crippen LogP contribution in [-0.2, 0) is 4.79 Å². The van der Waals surface area contributed by atoms with E-state index in [1.165, 1.54) is 11.8 Å². The molecule has 2 heterocycles. The first-order chi connectivity index (χ1) is 11.0. The average Bonchev–Trinajstić information content (AvgIpc) is 3.12. The Bertz CT molecular complexity index is 620. The summed E-state index contributed by atoms with van der Waals surface area (Å²) in [5, 5.41) is 18.0. The van der Waals surface area contributed by atoms with Crippen molar-refractivity contribution in [3.05, 3.63) is 29.8 Å². The molecule has 1 aromatic carbocycles. The molecule has 23 heavy (non-hydrogen) atoms. The van der Waals surface area contributed by atoms with E-state index in [-0.39, 0.29) is 30.5 Å². The van der Waals surface area contributed by atoms with Crippen LogP contribution >= 0.6 is 11.8 Å². The first-order valence-electron chi connectivity index (χ1n) is 7.95. The zero-order valence-corrected chi connectivity index (χ0v) is 13.8. The van der Waals surface area contributed by atoms with Crippen molar-refractivity contribution in [2.45, 2.75) is 48.4 Å². The highest BCUT2D eigenvalue weighted by atomic mass is 32.2. The molecular weight excluding hydrogens is 314 g/mol. The van der Waals surface area contributed by atoms with Crippen LogP contribution in [0.25, 0.3) is 0 Å². The second-order valence-corrected chi connectivity index (χ2v) is 7.67. The molecule has 5 nitrogen and oxygen atoms in total. The van der Waals surface area contributed by atoms with Gasteiger partial charge in [-0.1, -0.05) is 12.1 Å². The molecule has 124 valence electrons. The summed E-state index contributed by atoms with van der Waals surface area (Å²) in [7, 11) is 0. The topological polar surface area (TPSA) is 77.8 Å². The monoisotopic (exact) mass is 335 g/mol. The zero-order chi connectivity index (χ0) is 16.6. The number of carboxylic acids is 1. The van der Waals surface area contributed by atoms with Crippen LogP contribution in [0.5, 0.6) is 0 Å². The fraction of sp³-hybridized carbons (Fsp3) is 0.529. The summed E-state index contributed by atoms with van der Waals surface area (Å²) in [6.45, 7) is 1.74. The van der Waals surface area contributed by atoms with E-state index < -0.39 is 11.2 Å². The van der Waals surface area contributed by atoms with Crippen LogP contribution in [0.2, 0.25) is 0 Å². The van der Waals surface area contributed by atoms with Gasteiger partial charge in [-0.2, -0.15) is 0 Å². The summed E-state index contributed by atoms with van der Waals surface area (Å²) < 4.78 is 0. The number of thioether (sulfide) groups is 1. The number of carbonyl (C=O) groups is 2. The molecule has 0 aliphatic carbocycles. The number of rotatable bonds is 5. The van der Waals surface area contributed by atoms with E-state index in [1.807, 2.05) is 17.0 Å². The Morgan fingerprint density at radius 1 is 1.35 bits per heavy atom. The summed E-state index contributed by atoms with van der Waals surface area (Å²) in [5.74, 6) is -0.747. The third kappa shape index (κ3) is 2.97. The largest absolute Gasteiger partial charge is 0.480 e. The van der Waals surface area contributed by atoms with Crippen molar-refractivity contribution < 1.29 is 19.8 Å². The van der Waals surface area contributed by atoms with Gasteiger partial charge in [-0.3, -0.25) is 9.59 Å². The van der Waals surface area contributed by atoms with Crippen molar-refractivity contribution >= 4 is 23.6 Å². The minimum absolute atomic E-state index is 0.0332. The van der Waals surface area contributed by atoms with Crippen LogP contribution in [0.1, 0.15) is 36.5 Å². The number of nitrogens with zero attached hydrogens (tertiary/aromatic N) is 1. The molecule has 0 saturated carbocycles. The molecule has 1 aromatic rings. The quantitative estimate of drug-likeness (QED) is 0.807. The SMILES string of the molecule is CC(Sc1ccccc1C(=O)N1C2CCC1C(CO)C2)C(=O)O. The summed E-state index contributed by atoms with van der Waals surface area (Å²) in [6.07, 6.45) is 2.81. The summed E-state index contributed by atoms with van der Waals surface area (Å²) >= 11 is 1.20. The Labute approximate surface area is 139 Å². The van der Waals surface area contributed by atoms with Gasteiger partial charge in [0.15, 0.2) is 0 Å². The smallest absolute Gasteiger partial charge is 0.316 e. The number of fused-ring (bicyclic) bond motifs is 2. The van der Waals surface area contributed by atoms with Gasteiger partial charge in [-0.25, -0.2) is 0 Å². The number of aliphatic hydroxyl groups is 1. The molecule has 3 rings (SSSR count). The van der Waals surface area contributed by atoms with E-state index in [0.29, 0.717) is 10.5 Å². The van der Waals surface area contributed by atoms with Crippen LogP contribution in [0.4, 0.5) is 0 Å². The Morgan fingerprint density at radius 2 is 2.09 bits per heavy atom. The van der Waals surface area contributed by atoms with Crippen LogP contribution < -0.4 is 0 Å². The molecule has 4 unspecified atom stereocenters. The fourth-order valence-corrected chi connectivity index (χ4v) is 4.67. The highest BCUT2D eigenvalue weighted by molar-refractivity contribution is 8.00. The molecule has 2 aliphatic rings. The molecular formula is C17H21NO4S.